The van der Waals surface area contributed by atoms with Crippen LogP contribution in [0.5, 0.6) is 5.75 Å². The molecule has 148 valence electrons. The van der Waals surface area contributed by atoms with Crippen molar-refractivity contribution in [1.29, 1.82) is 0 Å². The van der Waals surface area contributed by atoms with Crippen LogP contribution in [0.15, 0.2) is 65.1 Å². The molecule has 1 aliphatic rings. The van der Waals surface area contributed by atoms with E-state index in [1.54, 1.807) is 36.4 Å². The number of rotatable bonds is 7. The number of nitrogens with one attached hydrogen (secondary N) is 2. The molecular weight excluding hydrogens is 375 g/mol. The quantitative estimate of drug-likeness (QED) is 0.631. The van der Waals surface area contributed by atoms with E-state index in [9.17, 15) is 14.0 Å². The van der Waals surface area contributed by atoms with Crippen molar-refractivity contribution in [2.45, 2.75) is 25.5 Å². The molecule has 0 unspecified atom stereocenters. The minimum Gasteiger partial charge on any atom is -0.486 e. The summed E-state index contributed by atoms with van der Waals surface area (Å²) >= 11 is 0. The number of ether oxygens (including phenoxy) is 1. The Kier molecular flexibility index (Phi) is 5.29. The van der Waals surface area contributed by atoms with Crippen molar-refractivity contribution in [3.8, 4) is 5.75 Å². The van der Waals surface area contributed by atoms with Gasteiger partial charge in [-0.3, -0.25) is 9.59 Å². The summed E-state index contributed by atoms with van der Waals surface area (Å²) in [4.78, 5) is 24.6. The average Bonchev–Trinajstić information content (AvgIpc) is 3.40. The van der Waals surface area contributed by atoms with Gasteiger partial charge in [0.05, 0.1) is 0 Å². The molecule has 2 amide bonds. The third-order valence-electron chi connectivity index (χ3n) is 4.38. The van der Waals surface area contributed by atoms with Crippen LogP contribution in [0, 0.1) is 5.82 Å². The molecule has 2 aromatic carbocycles. The van der Waals surface area contributed by atoms with Gasteiger partial charge in [-0.15, -0.1) is 0 Å². The molecule has 3 aromatic rings. The first kappa shape index (κ1) is 18.7. The highest BCUT2D eigenvalue weighted by Crippen LogP contribution is 2.20. The van der Waals surface area contributed by atoms with Crippen molar-refractivity contribution >= 4 is 17.5 Å². The minimum absolute atomic E-state index is 0.107. The zero-order valence-corrected chi connectivity index (χ0v) is 15.5. The third kappa shape index (κ3) is 5.01. The number of halogens is 1. The first-order chi connectivity index (χ1) is 14.1. The maximum absolute atomic E-state index is 12.9. The van der Waals surface area contributed by atoms with Crippen LogP contribution in [0.2, 0.25) is 0 Å². The topological polar surface area (TPSA) is 80.6 Å². The van der Waals surface area contributed by atoms with Gasteiger partial charge in [0.25, 0.3) is 11.8 Å². The first-order valence-corrected chi connectivity index (χ1v) is 9.26. The second-order valence-electron chi connectivity index (χ2n) is 6.79. The Labute approximate surface area is 166 Å². The minimum atomic E-state index is -0.433. The van der Waals surface area contributed by atoms with E-state index in [1.807, 2.05) is 0 Å². The maximum Gasteiger partial charge on any atom is 0.291 e. The Morgan fingerprint density at radius 3 is 2.59 bits per heavy atom. The fraction of sp³-hybridized carbons (Fsp3) is 0.182. The third-order valence-corrected chi connectivity index (χ3v) is 4.38. The van der Waals surface area contributed by atoms with Gasteiger partial charge >= 0.3 is 0 Å². The van der Waals surface area contributed by atoms with Gasteiger partial charge in [0, 0.05) is 17.3 Å². The molecule has 6 nitrogen and oxygen atoms in total. The van der Waals surface area contributed by atoms with Crippen LogP contribution in [-0.4, -0.2) is 17.9 Å². The summed E-state index contributed by atoms with van der Waals surface area (Å²) in [5.41, 5.74) is 0.987. The first-order valence-electron chi connectivity index (χ1n) is 9.26. The lowest BCUT2D eigenvalue weighted by Gasteiger charge is -2.07. The molecule has 1 saturated carbocycles. The number of carbonyl (C=O) groups excluding carboxylic acids is 2. The maximum atomic E-state index is 12.9. The fourth-order valence-corrected chi connectivity index (χ4v) is 2.69. The number of hydrogen-bond donors (Lipinski definition) is 2. The van der Waals surface area contributed by atoms with Crippen LogP contribution in [0.1, 0.15) is 39.5 Å². The molecule has 0 saturated heterocycles. The summed E-state index contributed by atoms with van der Waals surface area (Å²) in [5.74, 6) is 0.144. The zero-order valence-electron chi connectivity index (χ0n) is 15.5. The summed E-state index contributed by atoms with van der Waals surface area (Å²) in [5, 5.41) is 5.63. The molecule has 0 radical (unpaired) electrons. The molecule has 29 heavy (non-hydrogen) atoms. The molecule has 7 heteroatoms. The standard InChI is InChI=1S/C22H19FN2O4/c23-15-4-8-18(9-5-15)28-13-19-10-11-20(29-19)22(27)25-17-3-1-2-14(12-17)21(26)24-16-6-7-16/h1-5,8-12,16H,6-7,13H2,(H,24,26)(H,25,27). The SMILES string of the molecule is O=C(NC1CC1)c1cccc(NC(=O)c2ccc(COc3ccc(F)cc3)o2)c1. The van der Waals surface area contributed by atoms with Crippen molar-refractivity contribution in [1.82, 2.24) is 5.32 Å². The van der Waals surface area contributed by atoms with Gasteiger partial charge in [-0.25, -0.2) is 4.39 Å². The number of anilines is 1. The molecule has 2 N–H and O–H groups in total. The summed E-state index contributed by atoms with van der Waals surface area (Å²) < 4.78 is 23.9. The van der Waals surface area contributed by atoms with Gasteiger partial charge in [0.1, 0.15) is 23.9 Å². The largest absolute Gasteiger partial charge is 0.486 e. The smallest absolute Gasteiger partial charge is 0.291 e. The van der Waals surface area contributed by atoms with Gasteiger partial charge in [-0.1, -0.05) is 6.07 Å². The second-order valence-corrected chi connectivity index (χ2v) is 6.79. The summed E-state index contributed by atoms with van der Waals surface area (Å²) in [6.45, 7) is 0.107. The van der Waals surface area contributed by atoms with E-state index in [-0.39, 0.29) is 30.1 Å². The molecule has 1 aromatic heterocycles. The number of hydrogen-bond acceptors (Lipinski definition) is 4. The highest BCUT2D eigenvalue weighted by molar-refractivity contribution is 6.03. The Morgan fingerprint density at radius 1 is 1.03 bits per heavy atom. The van der Waals surface area contributed by atoms with Gasteiger partial charge < -0.3 is 19.8 Å². The number of carbonyl (C=O) groups is 2. The van der Waals surface area contributed by atoms with E-state index in [0.717, 1.165) is 12.8 Å². The van der Waals surface area contributed by atoms with E-state index in [1.165, 1.54) is 24.3 Å². The van der Waals surface area contributed by atoms with Gasteiger partial charge in [-0.2, -0.15) is 0 Å². The van der Waals surface area contributed by atoms with Crippen molar-refractivity contribution in [2.75, 3.05) is 5.32 Å². The van der Waals surface area contributed by atoms with Crippen LogP contribution < -0.4 is 15.4 Å². The van der Waals surface area contributed by atoms with E-state index in [4.69, 9.17) is 9.15 Å². The predicted molar refractivity (Wildman–Crippen MR) is 104 cm³/mol. The number of amides is 2. The molecule has 0 atom stereocenters. The molecule has 0 bridgehead atoms. The molecule has 4 rings (SSSR count). The highest BCUT2D eigenvalue weighted by Gasteiger charge is 2.24. The van der Waals surface area contributed by atoms with Crippen molar-refractivity contribution in [3.63, 3.8) is 0 Å². The number of furan rings is 1. The van der Waals surface area contributed by atoms with E-state index < -0.39 is 5.91 Å². The number of benzene rings is 2. The highest BCUT2D eigenvalue weighted by atomic mass is 19.1. The van der Waals surface area contributed by atoms with Gasteiger partial charge in [-0.05, 0) is 67.4 Å². The van der Waals surface area contributed by atoms with Crippen LogP contribution in [0.3, 0.4) is 0 Å². The van der Waals surface area contributed by atoms with Gasteiger partial charge in [0.2, 0.25) is 0 Å². The van der Waals surface area contributed by atoms with E-state index in [0.29, 0.717) is 22.8 Å². The Hall–Kier alpha value is -3.61. The van der Waals surface area contributed by atoms with E-state index in [2.05, 4.69) is 10.6 Å². The average molecular weight is 394 g/mol. The van der Waals surface area contributed by atoms with Crippen LogP contribution >= 0.6 is 0 Å². The van der Waals surface area contributed by atoms with E-state index >= 15 is 0 Å². The lowest BCUT2D eigenvalue weighted by Crippen LogP contribution is -2.25. The molecule has 1 aliphatic carbocycles. The summed E-state index contributed by atoms with van der Waals surface area (Å²) in [6.07, 6.45) is 2.02. The molecule has 0 spiro atoms. The fourth-order valence-electron chi connectivity index (χ4n) is 2.69. The molecule has 1 fully saturated rings. The van der Waals surface area contributed by atoms with Crippen LogP contribution in [0.4, 0.5) is 10.1 Å². The van der Waals surface area contributed by atoms with Crippen molar-refractivity contribution in [2.24, 2.45) is 0 Å². The van der Waals surface area contributed by atoms with Gasteiger partial charge in [0.15, 0.2) is 5.76 Å². The van der Waals surface area contributed by atoms with Crippen molar-refractivity contribution in [3.05, 3.63) is 83.6 Å². The zero-order chi connectivity index (χ0) is 20.2. The lowest BCUT2D eigenvalue weighted by molar-refractivity contribution is 0.0948. The summed E-state index contributed by atoms with van der Waals surface area (Å²) in [6, 6.07) is 15.8. The summed E-state index contributed by atoms with van der Waals surface area (Å²) in [7, 11) is 0. The Balaban J connectivity index is 1.35. The monoisotopic (exact) mass is 394 g/mol. The van der Waals surface area contributed by atoms with Crippen LogP contribution in [-0.2, 0) is 6.61 Å². The Morgan fingerprint density at radius 2 is 1.83 bits per heavy atom. The molecular formula is C22H19FN2O4. The van der Waals surface area contributed by atoms with Crippen molar-refractivity contribution < 1.29 is 23.1 Å². The lowest BCUT2D eigenvalue weighted by atomic mass is 10.2. The predicted octanol–water partition coefficient (Wildman–Crippen LogP) is 4.14. The normalized spacial score (nSPS) is 13.0. The molecule has 1 heterocycles. The molecule has 0 aliphatic heterocycles. The Bertz CT molecular complexity index is 1030. The second kappa shape index (κ2) is 8.18. The van der Waals surface area contributed by atoms with Crippen LogP contribution in [0.25, 0.3) is 0 Å².